The Labute approximate surface area is 288 Å². The molecule has 0 saturated heterocycles. The van der Waals surface area contributed by atoms with Crippen LogP contribution in [0.2, 0.25) is 0 Å². The minimum Gasteiger partial charge on any atom is -0.446 e. The van der Waals surface area contributed by atoms with Crippen LogP contribution in [-0.2, 0) is 30.5 Å². The zero-order valence-electron chi connectivity index (χ0n) is 29.0. The third-order valence-corrected chi connectivity index (χ3v) is 9.51. The van der Waals surface area contributed by atoms with Crippen molar-refractivity contribution in [1.82, 2.24) is 34.8 Å². The predicted octanol–water partition coefficient (Wildman–Crippen LogP) is 7.84. The maximum atomic E-state index is 13.5. The number of anilines is 1. The van der Waals surface area contributed by atoms with E-state index in [1.165, 1.54) is 25.7 Å². The third-order valence-electron chi connectivity index (χ3n) is 9.51. The first-order chi connectivity index (χ1) is 22.4. The van der Waals surface area contributed by atoms with Crippen molar-refractivity contribution in [1.29, 1.82) is 0 Å². The van der Waals surface area contributed by atoms with E-state index in [1.54, 1.807) is 0 Å². The van der Waals surface area contributed by atoms with Crippen LogP contribution >= 0.6 is 12.4 Å². The summed E-state index contributed by atoms with van der Waals surface area (Å²) in [5.74, 6) is 2.07. The second kappa shape index (κ2) is 21.0. The number of aromatic amines is 1. The van der Waals surface area contributed by atoms with E-state index in [0.29, 0.717) is 36.8 Å². The fourth-order valence-corrected chi connectivity index (χ4v) is 6.69. The van der Waals surface area contributed by atoms with Crippen molar-refractivity contribution < 1.29 is 9.53 Å². The van der Waals surface area contributed by atoms with Gasteiger partial charge < -0.3 is 20.4 Å². The summed E-state index contributed by atoms with van der Waals surface area (Å²) >= 11 is 0. The molecule has 0 spiro atoms. The minimum absolute atomic E-state index is 0. The second-order valence-electron chi connectivity index (χ2n) is 13.8. The van der Waals surface area contributed by atoms with Gasteiger partial charge in [-0.25, -0.2) is 9.78 Å². The molecule has 1 aliphatic rings. The summed E-state index contributed by atoms with van der Waals surface area (Å²) in [5, 5.41) is 8.74. The van der Waals surface area contributed by atoms with Crippen molar-refractivity contribution >= 4 is 24.4 Å². The Morgan fingerprint density at radius 2 is 1.74 bits per heavy atom. The van der Waals surface area contributed by atoms with Gasteiger partial charge in [0.25, 0.3) is 0 Å². The molecule has 0 unspecified atom stereocenters. The zero-order valence-corrected chi connectivity index (χ0v) is 29.8. The number of aromatic nitrogens is 6. The van der Waals surface area contributed by atoms with E-state index in [9.17, 15) is 4.79 Å². The first-order valence-corrected chi connectivity index (χ1v) is 17.9. The Morgan fingerprint density at radius 1 is 0.979 bits per heavy atom. The molecule has 3 N–H and O–H groups in total. The average Bonchev–Trinajstić information content (AvgIpc) is 3.68. The molecule has 3 aromatic rings. The lowest BCUT2D eigenvalue weighted by atomic mass is 9.75. The Balaban J connectivity index is 0.00000600. The van der Waals surface area contributed by atoms with Crippen LogP contribution in [0.5, 0.6) is 0 Å². The van der Waals surface area contributed by atoms with Crippen LogP contribution in [-0.4, -0.2) is 60.1 Å². The van der Waals surface area contributed by atoms with E-state index in [0.717, 1.165) is 94.3 Å². The summed E-state index contributed by atoms with van der Waals surface area (Å²) in [5.41, 5.74) is 8.83. The van der Waals surface area contributed by atoms with Gasteiger partial charge in [0, 0.05) is 49.8 Å². The monoisotopic (exact) mass is 670 g/mol. The summed E-state index contributed by atoms with van der Waals surface area (Å²) in [4.78, 5) is 27.0. The molecule has 1 amide bonds. The Kier molecular flexibility index (Phi) is 17.1. The first-order valence-electron chi connectivity index (χ1n) is 17.9. The average molecular weight is 671 g/mol. The highest BCUT2D eigenvalue weighted by Crippen LogP contribution is 2.35. The fraction of sp³-hybridized carbons (Fsp3) is 0.694. The van der Waals surface area contributed by atoms with Gasteiger partial charge in [-0.2, -0.15) is 0 Å². The molecule has 3 heterocycles. The molecule has 262 valence electrons. The molecule has 1 fully saturated rings. The number of carbonyl (C=O) groups excluding carboxylic acids is 1. The van der Waals surface area contributed by atoms with E-state index >= 15 is 0 Å². The quantitative estimate of drug-likeness (QED) is 0.117. The number of nitrogens with one attached hydrogen (secondary N) is 1. The number of aryl methyl sites for hydroxylation is 3. The normalized spacial score (nSPS) is 17.8. The fourth-order valence-electron chi connectivity index (χ4n) is 6.69. The highest BCUT2D eigenvalue weighted by atomic mass is 35.5. The molecule has 10 nitrogen and oxygen atoms in total. The van der Waals surface area contributed by atoms with Crippen molar-refractivity contribution in [2.45, 2.75) is 130 Å². The number of hydrogen-bond acceptors (Lipinski definition) is 7. The molecule has 0 aliphatic heterocycles. The van der Waals surface area contributed by atoms with Crippen molar-refractivity contribution in [2.24, 2.45) is 17.8 Å². The maximum absolute atomic E-state index is 13.5. The molecule has 3 atom stereocenters. The minimum atomic E-state index is -0.156. The van der Waals surface area contributed by atoms with Crippen LogP contribution in [0.3, 0.4) is 0 Å². The molecule has 0 aromatic carbocycles. The number of halogens is 1. The predicted molar refractivity (Wildman–Crippen MR) is 190 cm³/mol. The van der Waals surface area contributed by atoms with Crippen LogP contribution in [0.4, 0.5) is 10.7 Å². The first kappa shape index (κ1) is 38.3. The van der Waals surface area contributed by atoms with Crippen LogP contribution in [0.15, 0.2) is 36.8 Å². The van der Waals surface area contributed by atoms with Crippen molar-refractivity contribution in [3.05, 3.63) is 53.9 Å². The van der Waals surface area contributed by atoms with Gasteiger partial charge in [-0.05, 0) is 81.3 Å². The molecular weight excluding hydrogens is 612 g/mol. The smallest absolute Gasteiger partial charge is 0.410 e. The van der Waals surface area contributed by atoms with Gasteiger partial charge in [-0.15, -0.1) is 17.5 Å². The number of imidazole rings is 1. The van der Waals surface area contributed by atoms with Crippen LogP contribution in [0.25, 0.3) is 0 Å². The third kappa shape index (κ3) is 13.9. The Hall–Kier alpha value is -3.14. The van der Waals surface area contributed by atoms with E-state index < -0.39 is 0 Å². The van der Waals surface area contributed by atoms with Crippen LogP contribution in [0.1, 0.15) is 115 Å². The van der Waals surface area contributed by atoms with Gasteiger partial charge in [-0.3, -0.25) is 9.67 Å². The highest BCUT2D eigenvalue weighted by molar-refractivity contribution is 5.85. The molecular formula is C36H59ClN8O2. The molecule has 1 saturated carbocycles. The lowest BCUT2D eigenvalue weighted by Gasteiger charge is -2.37. The van der Waals surface area contributed by atoms with Gasteiger partial charge in [-0.1, -0.05) is 70.6 Å². The Morgan fingerprint density at radius 3 is 2.49 bits per heavy atom. The van der Waals surface area contributed by atoms with E-state index in [1.807, 2.05) is 40.2 Å². The van der Waals surface area contributed by atoms with Gasteiger partial charge >= 0.3 is 6.09 Å². The Bertz CT molecular complexity index is 1270. The van der Waals surface area contributed by atoms with Gasteiger partial charge in [0.2, 0.25) is 0 Å². The number of amides is 1. The number of hydrogen-bond donors (Lipinski definition) is 2. The van der Waals surface area contributed by atoms with Gasteiger partial charge in [0.15, 0.2) is 5.95 Å². The molecule has 0 radical (unpaired) electrons. The standard InChI is InChI=1S/C36H58N8O2.ClH/c1-28(2)33-19-18-29(3)25-34(33)46-36(45)43(24-20-30-15-11-12-21-38-30)22-13-8-6-10-17-32-27-44(42-41-32)23-14-7-4-5-9-16-31-26-39-35(37)40-31;/h11-12,15,21,26-29,33-34H,4-10,13-14,16-20,22-25H2,1-3H3,(H3,37,39,40);1H/t29-,33+,34-;/m1./s1. The maximum Gasteiger partial charge on any atom is 0.410 e. The van der Waals surface area contributed by atoms with E-state index in [2.05, 4.69) is 52.2 Å². The van der Waals surface area contributed by atoms with Crippen molar-refractivity contribution in [3.63, 3.8) is 0 Å². The largest absolute Gasteiger partial charge is 0.446 e. The second-order valence-corrected chi connectivity index (χ2v) is 13.8. The zero-order chi connectivity index (χ0) is 32.6. The number of H-pyrrole nitrogens is 1. The van der Waals surface area contributed by atoms with E-state index in [-0.39, 0.29) is 24.6 Å². The van der Waals surface area contributed by atoms with Crippen LogP contribution in [0, 0.1) is 17.8 Å². The lowest BCUT2D eigenvalue weighted by Crippen LogP contribution is -2.41. The molecule has 0 bridgehead atoms. The van der Waals surface area contributed by atoms with Crippen molar-refractivity contribution in [3.8, 4) is 0 Å². The number of ether oxygens (including phenoxy) is 1. The van der Waals surface area contributed by atoms with Gasteiger partial charge in [0.1, 0.15) is 6.10 Å². The van der Waals surface area contributed by atoms with Crippen LogP contribution < -0.4 is 5.73 Å². The molecule has 11 heteroatoms. The number of carbonyl (C=O) groups is 1. The number of rotatable bonds is 20. The lowest BCUT2D eigenvalue weighted by molar-refractivity contribution is -0.0103. The number of nitrogen functional groups attached to an aromatic ring is 1. The molecule has 4 rings (SSSR count). The summed E-state index contributed by atoms with van der Waals surface area (Å²) < 4.78 is 8.23. The number of unbranched alkanes of at least 4 members (excludes halogenated alkanes) is 7. The molecule has 1 aliphatic carbocycles. The van der Waals surface area contributed by atoms with Crippen molar-refractivity contribution in [2.75, 3.05) is 18.8 Å². The SMILES string of the molecule is CC(C)[C@@H]1CC[C@@H](C)C[C@H]1OC(=O)N(CCCCCCc1cn(CCCCCCCc2cnc(N)[nH]2)nn1)CCc1ccccn1.Cl. The summed E-state index contributed by atoms with van der Waals surface area (Å²) in [7, 11) is 0. The number of nitrogens with zero attached hydrogens (tertiary/aromatic N) is 6. The van der Waals surface area contributed by atoms with E-state index in [4.69, 9.17) is 10.5 Å². The number of pyridine rings is 1. The molecule has 47 heavy (non-hydrogen) atoms. The highest BCUT2D eigenvalue weighted by Gasteiger charge is 2.34. The summed E-state index contributed by atoms with van der Waals surface area (Å²) in [6.45, 7) is 9.07. The van der Waals surface area contributed by atoms with Gasteiger partial charge in [0.05, 0.1) is 11.9 Å². The topological polar surface area (TPSA) is 128 Å². The summed E-state index contributed by atoms with van der Waals surface area (Å²) in [6, 6.07) is 5.96. The molecule has 3 aromatic heterocycles. The number of nitrogens with two attached hydrogens (primary N) is 1. The summed E-state index contributed by atoms with van der Waals surface area (Å²) in [6.07, 6.45) is 21.8.